The van der Waals surface area contributed by atoms with Crippen LogP contribution in [0.5, 0.6) is 5.88 Å². The molecule has 1 rings (SSSR count). The minimum Gasteiger partial charge on any atom is -0.481 e. The quantitative estimate of drug-likeness (QED) is 0.566. The number of carboxylic acids is 1. The maximum atomic E-state index is 10.1. The van der Waals surface area contributed by atoms with Crippen LogP contribution < -0.4 is 4.74 Å². The van der Waals surface area contributed by atoms with Crippen molar-refractivity contribution in [1.82, 2.24) is 4.98 Å². The smallest absolute Gasteiger partial charge is 0.344 e. The summed E-state index contributed by atoms with van der Waals surface area (Å²) in [5.41, 5.74) is 0.696. The van der Waals surface area contributed by atoms with E-state index in [-0.39, 0.29) is 0 Å². The van der Waals surface area contributed by atoms with Crippen molar-refractivity contribution in [2.24, 2.45) is 5.16 Å². The summed E-state index contributed by atoms with van der Waals surface area (Å²) >= 11 is 0. The van der Waals surface area contributed by atoms with Gasteiger partial charge in [0.25, 0.3) is 0 Å². The molecule has 0 aliphatic rings. The molecule has 0 bridgehead atoms. The van der Waals surface area contributed by atoms with E-state index in [1.54, 1.807) is 12.1 Å². The van der Waals surface area contributed by atoms with E-state index in [0.717, 1.165) is 0 Å². The van der Waals surface area contributed by atoms with Gasteiger partial charge in [-0.2, -0.15) is 0 Å². The Labute approximate surface area is 86.1 Å². The van der Waals surface area contributed by atoms with Crippen LogP contribution in [0.2, 0.25) is 0 Å². The fraction of sp³-hybridized carbons (Fsp3) is 0.222. The third-order valence-electron chi connectivity index (χ3n) is 1.43. The lowest BCUT2D eigenvalue weighted by Gasteiger charge is -1.97. The normalized spacial score (nSPS) is 10.2. The average Bonchev–Trinajstić information content (AvgIpc) is 2.25. The molecule has 0 spiro atoms. The number of rotatable bonds is 5. The van der Waals surface area contributed by atoms with E-state index < -0.39 is 12.6 Å². The summed E-state index contributed by atoms with van der Waals surface area (Å²) in [4.78, 5) is 18.5. The summed E-state index contributed by atoms with van der Waals surface area (Å²) in [5, 5.41) is 11.7. The molecule has 0 aliphatic carbocycles. The largest absolute Gasteiger partial charge is 0.481 e. The van der Waals surface area contributed by atoms with Gasteiger partial charge in [-0.05, 0) is 6.07 Å². The van der Waals surface area contributed by atoms with Crippen molar-refractivity contribution in [2.45, 2.75) is 0 Å². The molecule has 15 heavy (non-hydrogen) atoms. The Morgan fingerprint density at radius 2 is 2.47 bits per heavy atom. The zero-order valence-corrected chi connectivity index (χ0v) is 8.08. The average molecular weight is 210 g/mol. The highest BCUT2D eigenvalue weighted by atomic mass is 16.6. The van der Waals surface area contributed by atoms with Crippen LogP contribution in [0.3, 0.4) is 0 Å². The molecule has 6 nitrogen and oxygen atoms in total. The summed E-state index contributed by atoms with van der Waals surface area (Å²) in [6.07, 6.45) is 2.90. The van der Waals surface area contributed by atoms with Crippen molar-refractivity contribution in [1.29, 1.82) is 0 Å². The molecule has 6 heteroatoms. The number of nitrogens with zero attached hydrogens (tertiary/aromatic N) is 2. The minimum atomic E-state index is -1.07. The Bertz CT molecular complexity index is 348. The lowest BCUT2D eigenvalue weighted by molar-refractivity contribution is -0.142. The van der Waals surface area contributed by atoms with Crippen LogP contribution in [-0.4, -0.2) is 36.0 Å². The summed E-state index contributed by atoms with van der Waals surface area (Å²) in [5.74, 6) is -0.571. The van der Waals surface area contributed by atoms with E-state index in [0.29, 0.717) is 11.4 Å². The van der Waals surface area contributed by atoms with Gasteiger partial charge in [-0.25, -0.2) is 9.78 Å². The Morgan fingerprint density at radius 3 is 3.00 bits per heavy atom. The van der Waals surface area contributed by atoms with Crippen molar-refractivity contribution >= 4 is 12.2 Å². The van der Waals surface area contributed by atoms with Crippen LogP contribution in [0.25, 0.3) is 0 Å². The van der Waals surface area contributed by atoms with Gasteiger partial charge in [0.1, 0.15) is 0 Å². The third kappa shape index (κ3) is 4.08. The Morgan fingerprint density at radius 1 is 1.67 bits per heavy atom. The monoisotopic (exact) mass is 210 g/mol. The first-order valence-corrected chi connectivity index (χ1v) is 4.09. The van der Waals surface area contributed by atoms with Crippen molar-refractivity contribution in [2.75, 3.05) is 13.7 Å². The van der Waals surface area contributed by atoms with Crippen molar-refractivity contribution in [3.63, 3.8) is 0 Å². The first-order valence-electron chi connectivity index (χ1n) is 4.09. The summed E-state index contributed by atoms with van der Waals surface area (Å²) in [7, 11) is 1.52. The van der Waals surface area contributed by atoms with Crippen LogP contribution >= 0.6 is 0 Å². The zero-order chi connectivity index (χ0) is 11.1. The molecule has 1 aromatic heterocycles. The molecule has 0 atom stereocenters. The zero-order valence-electron chi connectivity index (χ0n) is 8.08. The molecule has 80 valence electrons. The highest BCUT2D eigenvalue weighted by Crippen LogP contribution is 2.04. The van der Waals surface area contributed by atoms with E-state index >= 15 is 0 Å². The molecular weight excluding hydrogens is 200 g/mol. The van der Waals surface area contributed by atoms with Gasteiger partial charge in [-0.3, -0.25) is 0 Å². The molecule has 0 unspecified atom stereocenters. The van der Waals surface area contributed by atoms with E-state index in [1.165, 1.54) is 19.5 Å². The number of methoxy groups -OCH3 is 1. The van der Waals surface area contributed by atoms with E-state index in [1.807, 2.05) is 0 Å². The van der Waals surface area contributed by atoms with E-state index in [2.05, 4.69) is 15.0 Å². The maximum absolute atomic E-state index is 10.1. The second-order valence-corrected chi connectivity index (χ2v) is 2.54. The van der Waals surface area contributed by atoms with Gasteiger partial charge in [0.15, 0.2) is 0 Å². The van der Waals surface area contributed by atoms with E-state index in [4.69, 9.17) is 9.84 Å². The molecule has 0 aromatic carbocycles. The first-order chi connectivity index (χ1) is 7.22. The number of aliphatic carboxylic acids is 1. The van der Waals surface area contributed by atoms with Gasteiger partial charge in [0.2, 0.25) is 12.5 Å². The van der Waals surface area contributed by atoms with Crippen molar-refractivity contribution < 1.29 is 19.5 Å². The van der Waals surface area contributed by atoms with Crippen molar-refractivity contribution in [3.05, 3.63) is 23.9 Å². The molecule has 0 fully saturated rings. The predicted molar refractivity (Wildman–Crippen MR) is 52.0 cm³/mol. The number of carbonyl (C=O) groups is 1. The molecule has 1 heterocycles. The number of carboxylic acid groups (broad SMARTS) is 1. The molecular formula is C9H10N2O4. The molecule has 0 saturated heterocycles. The van der Waals surface area contributed by atoms with Crippen molar-refractivity contribution in [3.8, 4) is 5.88 Å². The second-order valence-electron chi connectivity index (χ2n) is 2.54. The van der Waals surface area contributed by atoms with Gasteiger partial charge < -0.3 is 14.7 Å². The fourth-order valence-electron chi connectivity index (χ4n) is 0.779. The van der Waals surface area contributed by atoms with Crippen LogP contribution in [-0.2, 0) is 9.63 Å². The first kappa shape index (κ1) is 11.0. The van der Waals surface area contributed by atoms with Crippen LogP contribution in [0.15, 0.2) is 23.5 Å². The van der Waals surface area contributed by atoms with Crippen LogP contribution in [0, 0.1) is 0 Å². The van der Waals surface area contributed by atoms with Gasteiger partial charge in [0, 0.05) is 17.8 Å². The van der Waals surface area contributed by atoms with Crippen LogP contribution in [0.4, 0.5) is 0 Å². The summed E-state index contributed by atoms with van der Waals surface area (Å²) < 4.78 is 4.86. The van der Waals surface area contributed by atoms with E-state index in [9.17, 15) is 4.79 Å². The number of aromatic nitrogens is 1. The summed E-state index contributed by atoms with van der Waals surface area (Å²) in [6.45, 7) is -0.458. The van der Waals surface area contributed by atoms with Gasteiger partial charge in [-0.15, -0.1) is 0 Å². The third-order valence-corrected chi connectivity index (χ3v) is 1.43. The molecule has 0 aliphatic heterocycles. The highest BCUT2D eigenvalue weighted by Gasteiger charge is 1.94. The Balaban J connectivity index is 2.46. The SMILES string of the molecule is COc1ccc(/C=N/OCC(=O)O)cn1. The van der Waals surface area contributed by atoms with Crippen LogP contribution in [0.1, 0.15) is 5.56 Å². The lowest BCUT2D eigenvalue weighted by atomic mass is 10.3. The molecule has 1 N–H and O–H groups in total. The second kappa shape index (κ2) is 5.58. The molecule has 0 amide bonds. The van der Waals surface area contributed by atoms with Gasteiger partial charge >= 0.3 is 5.97 Å². The number of hydrogen-bond donors (Lipinski definition) is 1. The topological polar surface area (TPSA) is 81.0 Å². The fourth-order valence-corrected chi connectivity index (χ4v) is 0.779. The molecule has 0 radical (unpaired) electrons. The Kier molecular flexibility index (Phi) is 4.08. The Hall–Kier alpha value is -2.11. The standard InChI is InChI=1S/C9H10N2O4/c1-14-8-3-2-7(4-10-8)5-11-15-6-9(12)13/h2-5H,6H2,1H3,(H,12,13)/b11-5+. The number of pyridine rings is 1. The van der Waals surface area contributed by atoms with Gasteiger partial charge in [-0.1, -0.05) is 5.16 Å². The molecule has 1 aromatic rings. The predicted octanol–water partition coefficient (Wildman–Crippen LogP) is 0.525. The van der Waals surface area contributed by atoms with Gasteiger partial charge in [0.05, 0.1) is 13.3 Å². The minimum absolute atomic E-state index is 0.458. The number of oxime groups is 1. The lowest BCUT2D eigenvalue weighted by Crippen LogP contribution is -2.03. The highest BCUT2D eigenvalue weighted by molar-refractivity contribution is 5.78. The number of ether oxygens (including phenoxy) is 1. The molecule has 0 saturated carbocycles. The summed E-state index contributed by atoms with van der Waals surface area (Å²) in [6, 6.07) is 3.39. The maximum Gasteiger partial charge on any atom is 0.344 e. The number of hydrogen-bond acceptors (Lipinski definition) is 5.